The highest BCUT2D eigenvalue weighted by atomic mass is 32.2. The molecule has 2 N–H and O–H groups in total. The first-order valence-electron chi connectivity index (χ1n) is 8.99. The van der Waals surface area contributed by atoms with Crippen LogP contribution < -0.4 is 10.5 Å². The van der Waals surface area contributed by atoms with Gasteiger partial charge in [0.1, 0.15) is 5.75 Å². The van der Waals surface area contributed by atoms with E-state index < -0.39 is 15.9 Å². The fourth-order valence-corrected chi connectivity index (χ4v) is 5.14. The Hall–Kier alpha value is -2.38. The summed E-state index contributed by atoms with van der Waals surface area (Å²) in [7, 11) is -2.09. The van der Waals surface area contributed by atoms with Gasteiger partial charge in [-0.05, 0) is 54.8 Å². The summed E-state index contributed by atoms with van der Waals surface area (Å²) in [6.07, 6.45) is 3.57. The standard InChI is InChI=1S/C20H24N2O4S/c1-26-17-10-6-15(7-11-17)19-5-3-2-4-14-22(19)27(24,25)18-12-8-16(9-13-18)20(21)23/h6-13,19H,2-5,14H2,1H3,(H2,21,23). The van der Waals surface area contributed by atoms with Crippen LogP contribution in [-0.2, 0) is 10.0 Å². The smallest absolute Gasteiger partial charge is 0.248 e. The molecule has 0 bridgehead atoms. The Balaban J connectivity index is 1.96. The summed E-state index contributed by atoms with van der Waals surface area (Å²) in [4.78, 5) is 11.4. The maximum atomic E-state index is 13.3. The van der Waals surface area contributed by atoms with Crippen LogP contribution in [0.2, 0.25) is 0 Å². The highest BCUT2D eigenvalue weighted by Crippen LogP contribution is 2.35. The maximum absolute atomic E-state index is 13.3. The van der Waals surface area contributed by atoms with E-state index in [1.807, 2.05) is 24.3 Å². The van der Waals surface area contributed by atoms with Gasteiger partial charge in [0, 0.05) is 12.1 Å². The summed E-state index contributed by atoms with van der Waals surface area (Å²) in [6, 6.07) is 13.1. The summed E-state index contributed by atoms with van der Waals surface area (Å²) in [5, 5.41) is 0. The molecule has 2 aromatic carbocycles. The highest BCUT2D eigenvalue weighted by molar-refractivity contribution is 7.89. The zero-order valence-electron chi connectivity index (χ0n) is 15.3. The lowest BCUT2D eigenvalue weighted by atomic mass is 10.0. The Bertz CT molecular complexity index is 893. The van der Waals surface area contributed by atoms with Crippen LogP contribution in [0.3, 0.4) is 0 Å². The summed E-state index contributed by atoms with van der Waals surface area (Å²) in [5.41, 5.74) is 6.49. The molecular weight excluding hydrogens is 364 g/mol. The molecule has 1 atom stereocenters. The molecule has 144 valence electrons. The molecule has 1 amide bonds. The van der Waals surface area contributed by atoms with Gasteiger partial charge in [-0.3, -0.25) is 4.79 Å². The number of hydrogen-bond acceptors (Lipinski definition) is 4. The Morgan fingerprint density at radius 1 is 1.04 bits per heavy atom. The second-order valence-electron chi connectivity index (χ2n) is 6.64. The normalized spacial score (nSPS) is 18.6. The van der Waals surface area contributed by atoms with Crippen molar-refractivity contribution < 1.29 is 17.9 Å². The van der Waals surface area contributed by atoms with Crippen molar-refractivity contribution in [3.8, 4) is 5.75 Å². The molecule has 1 aliphatic rings. The van der Waals surface area contributed by atoms with E-state index in [0.29, 0.717) is 6.54 Å². The van der Waals surface area contributed by atoms with E-state index >= 15 is 0 Å². The second kappa shape index (κ2) is 8.10. The second-order valence-corrected chi connectivity index (χ2v) is 8.53. The highest BCUT2D eigenvalue weighted by Gasteiger charge is 2.33. The number of sulfonamides is 1. The largest absolute Gasteiger partial charge is 0.497 e. The maximum Gasteiger partial charge on any atom is 0.248 e. The molecule has 0 radical (unpaired) electrons. The molecular formula is C20H24N2O4S. The number of ether oxygens (including phenoxy) is 1. The number of rotatable bonds is 5. The van der Waals surface area contributed by atoms with E-state index in [0.717, 1.165) is 37.0 Å². The van der Waals surface area contributed by atoms with Gasteiger partial charge in [-0.2, -0.15) is 4.31 Å². The number of benzene rings is 2. The molecule has 1 unspecified atom stereocenters. The third-order valence-electron chi connectivity index (χ3n) is 4.95. The fraction of sp³-hybridized carbons (Fsp3) is 0.350. The van der Waals surface area contributed by atoms with Crippen LogP contribution in [0.4, 0.5) is 0 Å². The number of carbonyl (C=O) groups excluding carboxylic acids is 1. The number of nitrogens with two attached hydrogens (primary N) is 1. The Morgan fingerprint density at radius 3 is 2.30 bits per heavy atom. The minimum absolute atomic E-state index is 0.174. The van der Waals surface area contributed by atoms with Crippen molar-refractivity contribution in [1.29, 1.82) is 0 Å². The predicted molar refractivity (Wildman–Crippen MR) is 103 cm³/mol. The van der Waals surface area contributed by atoms with Gasteiger partial charge in [0.25, 0.3) is 0 Å². The average molecular weight is 388 g/mol. The van der Waals surface area contributed by atoms with Crippen molar-refractivity contribution in [2.24, 2.45) is 5.73 Å². The van der Waals surface area contributed by atoms with E-state index in [4.69, 9.17) is 10.5 Å². The summed E-state index contributed by atoms with van der Waals surface area (Å²) >= 11 is 0. The lowest BCUT2D eigenvalue weighted by Crippen LogP contribution is -2.34. The summed E-state index contributed by atoms with van der Waals surface area (Å²) in [6.45, 7) is 0.469. The van der Waals surface area contributed by atoms with Crippen molar-refractivity contribution in [3.05, 3.63) is 59.7 Å². The van der Waals surface area contributed by atoms with Crippen molar-refractivity contribution in [2.75, 3.05) is 13.7 Å². The van der Waals surface area contributed by atoms with Crippen LogP contribution in [0.25, 0.3) is 0 Å². The first-order chi connectivity index (χ1) is 12.9. The zero-order valence-corrected chi connectivity index (χ0v) is 16.1. The van der Waals surface area contributed by atoms with Gasteiger partial charge in [0.05, 0.1) is 18.0 Å². The molecule has 1 fully saturated rings. The first-order valence-corrected chi connectivity index (χ1v) is 10.4. The number of primary amides is 1. The van der Waals surface area contributed by atoms with E-state index in [1.165, 1.54) is 24.3 Å². The molecule has 1 heterocycles. The number of amides is 1. The minimum atomic E-state index is -3.69. The fourth-order valence-electron chi connectivity index (χ4n) is 3.46. The molecule has 1 saturated heterocycles. The Kier molecular flexibility index (Phi) is 5.82. The van der Waals surface area contributed by atoms with Crippen LogP contribution in [0.1, 0.15) is 47.6 Å². The van der Waals surface area contributed by atoms with Gasteiger partial charge in [-0.25, -0.2) is 8.42 Å². The van der Waals surface area contributed by atoms with E-state index in [1.54, 1.807) is 11.4 Å². The summed E-state index contributed by atoms with van der Waals surface area (Å²) < 4.78 is 33.4. The Labute approximate surface area is 160 Å². The topological polar surface area (TPSA) is 89.7 Å². The van der Waals surface area contributed by atoms with Crippen LogP contribution in [-0.4, -0.2) is 32.3 Å². The SMILES string of the molecule is COc1ccc(C2CCCCCN2S(=O)(=O)c2ccc(C(N)=O)cc2)cc1. The zero-order chi connectivity index (χ0) is 19.4. The summed E-state index contributed by atoms with van der Waals surface area (Å²) in [5.74, 6) is 0.161. The van der Waals surface area contributed by atoms with Crippen LogP contribution >= 0.6 is 0 Å². The number of methoxy groups -OCH3 is 1. The molecule has 0 saturated carbocycles. The van der Waals surface area contributed by atoms with Crippen LogP contribution in [0.15, 0.2) is 53.4 Å². The minimum Gasteiger partial charge on any atom is -0.497 e. The average Bonchev–Trinajstić information content (AvgIpc) is 2.95. The third kappa shape index (κ3) is 4.14. The lowest BCUT2D eigenvalue weighted by Gasteiger charge is -2.29. The number of carbonyl (C=O) groups is 1. The van der Waals surface area contributed by atoms with E-state index in [-0.39, 0.29) is 16.5 Å². The monoisotopic (exact) mass is 388 g/mol. The quantitative estimate of drug-likeness (QED) is 0.852. The van der Waals surface area contributed by atoms with Crippen LogP contribution in [0.5, 0.6) is 5.75 Å². The molecule has 7 heteroatoms. The van der Waals surface area contributed by atoms with Gasteiger partial charge in [0.2, 0.25) is 15.9 Å². The van der Waals surface area contributed by atoms with Crippen molar-refractivity contribution >= 4 is 15.9 Å². The molecule has 0 aliphatic carbocycles. The first kappa shape index (κ1) is 19.4. The molecule has 0 aromatic heterocycles. The van der Waals surface area contributed by atoms with E-state index in [9.17, 15) is 13.2 Å². The van der Waals surface area contributed by atoms with Crippen molar-refractivity contribution in [3.63, 3.8) is 0 Å². The van der Waals surface area contributed by atoms with Gasteiger partial charge >= 0.3 is 0 Å². The predicted octanol–water partition coefficient (Wildman–Crippen LogP) is 3.10. The van der Waals surface area contributed by atoms with Gasteiger partial charge in [-0.15, -0.1) is 0 Å². The molecule has 27 heavy (non-hydrogen) atoms. The molecule has 0 spiro atoms. The Morgan fingerprint density at radius 2 is 1.70 bits per heavy atom. The van der Waals surface area contributed by atoms with Gasteiger partial charge in [0.15, 0.2) is 0 Å². The van der Waals surface area contributed by atoms with E-state index in [2.05, 4.69) is 0 Å². The van der Waals surface area contributed by atoms with Gasteiger partial charge in [-0.1, -0.05) is 25.0 Å². The van der Waals surface area contributed by atoms with Crippen molar-refractivity contribution in [2.45, 2.75) is 36.6 Å². The van der Waals surface area contributed by atoms with Crippen LogP contribution in [0, 0.1) is 0 Å². The molecule has 1 aliphatic heterocycles. The van der Waals surface area contributed by atoms with Gasteiger partial charge < -0.3 is 10.5 Å². The molecule has 6 nitrogen and oxygen atoms in total. The molecule has 3 rings (SSSR count). The third-order valence-corrected chi connectivity index (χ3v) is 6.87. The van der Waals surface area contributed by atoms with Crippen molar-refractivity contribution in [1.82, 2.24) is 4.31 Å². The number of hydrogen-bond donors (Lipinski definition) is 1. The lowest BCUT2D eigenvalue weighted by molar-refractivity contribution is 0.1000. The molecule has 2 aromatic rings. The number of nitrogens with zero attached hydrogens (tertiary/aromatic N) is 1.